The highest BCUT2D eigenvalue weighted by Gasteiger charge is 2.25. The van der Waals surface area contributed by atoms with Gasteiger partial charge in [0, 0.05) is 38.9 Å². The van der Waals surface area contributed by atoms with Gasteiger partial charge in [-0.05, 0) is 36.2 Å². The predicted molar refractivity (Wildman–Crippen MR) is 121 cm³/mol. The van der Waals surface area contributed by atoms with Crippen LogP contribution < -0.4 is 25.0 Å². The average molecular weight is 428 g/mol. The molecule has 158 valence electrons. The second-order valence-electron chi connectivity index (χ2n) is 6.79. The molecule has 7 nitrogen and oxygen atoms in total. The molecule has 2 heterocycles. The van der Waals surface area contributed by atoms with Crippen molar-refractivity contribution < 1.29 is 9.47 Å². The molecular weight excluding hydrogens is 402 g/mol. The Morgan fingerprint density at radius 1 is 1.40 bits per heavy atom. The van der Waals surface area contributed by atoms with E-state index in [1.807, 2.05) is 30.3 Å². The van der Waals surface area contributed by atoms with Crippen molar-refractivity contribution in [3.63, 3.8) is 0 Å². The number of aromatic nitrogens is 1. The van der Waals surface area contributed by atoms with E-state index in [4.69, 9.17) is 27.5 Å². The van der Waals surface area contributed by atoms with Crippen LogP contribution >= 0.6 is 11.6 Å². The Morgan fingerprint density at radius 3 is 3.00 bits per heavy atom. The first-order valence-corrected chi connectivity index (χ1v) is 10.1. The zero-order valence-corrected chi connectivity index (χ0v) is 17.9. The van der Waals surface area contributed by atoms with Gasteiger partial charge < -0.3 is 25.0 Å². The van der Waals surface area contributed by atoms with Crippen molar-refractivity contribution in [2.75, 3.05) is 38.8 Å². The van der Waals surface area contributed by atoms with Gasteiger partial charge in [-0.1, -0.05) is 23.6 Å². The lowest BCUT2D eigenvalue weighted by Gasteiger charge is -2.20. The summed E-state index contributed by atoms with van der Waals surface area (Å²) in [5, 5.41) is 7.48. The van der Waals surface area contributed by atoms with E-state index in [0.717, 1.165) is 36.9 Å². The van der Waals surface area contributed by atoms with Crippen molar-refractivity contribution in [2.45, 2.75) is 19.0 Å². The Kier molecular flexibility index (Phi) is 7.63. The Bertz CT molecular complexity index is 928. The van der Waals surface area contributed by atoms with Crippen LogP contribution in [0.1, 0.15) is 12.0 Å². The molecule has 30 heavy (non-hydrogen) atoms. The molecule has 0 bridgehead atoms. The molecular formula is C22H26ClN5O2. The van der Waals surface area contributed by atoms with Crippen molar-refractivity contribution in [2.24, 2.45) is 4.99 Å². The molecule has 2 aromatic rings. The number of terminal acetylenes is 1. The molecule has 0 spiro atoms. The molecule has 0 radical (unpaired) electrons. The number of anilines is 1. The molecule has 8 heteroatoms. The molecule has 1 aliphatic heterocycles. The van der Waals surface area contributed by atoms with E-state index in [9.17, 15) is 0 Å². The van der Waals surface area contributed by atoms with Gasteiger partial charge >= 0.3 is 0 Å². The summed E-state index contributed by atoms with van der Waals surface area (Å²) in [7, 11) is 3.36. The quantitative estimate of drug-likeness (QED) is 0.402. The maximum atomic E-state index is 6.28. The Hall–Kier alpha value is -3.11. The number of nitrogens with zero attached hydrogens (tertiary/aromatic N) is 3. The van der Waals surface area contributed by atoms with Gasteiger partial charge in [-0.15, -0.1) is 6.42 Å². The third kappa shape index (κ3) is 5.49. The summed E-state index contributed by atoms with van der Waals surface area (Å²) in [6, 6.07) is 9.70. The summed E-state index contributed by atoms with van der Waals surface area (Å²) in [5.41, 5.74) is 1.03. The van der Waals surface area contributed by atoms with E-state index < -0.39 is 0 Å². The van der Waals surface area contributed by atoms with Gasteiger partial charge in [0.2, 0.25) is 0 Å². The van der Waals surface area contributed by atoms with E-state index in [0.29, 0.717) is 23.1 Å². The van der Waals surface area contributed by atoms with E-state index in [-0.39, 0.29) is 12.6 Å². The molecule has 1 aliphatic rings. The van der Waals surface area contributed by atoms with Crippen LogP contribution in [0.4, 0.5) is 5.82 Å². The van der Waals surface area contributed by atoms with Crippen LogP contribution in [0.15, 0.2) is 41.5 Å². The topological polar surface area (TPSA) is 71.0 Å². The largest absolute Gasteiger partial charge is 0.493 e. The molecule has 1 fully saturated rings. The van der Waals surface area contributed by atoms with Gasteiger partial charge in [0.1, 0.15) is 12.4 Å². The number of hydrogen-bond donors (Lipinski definition) is 2. The monoisotopic (exact) mass is 427 g/mol. The first-order chi connectivity index (χ1) is 14.6. The van der Waals surface area contributed by atoms with Crippen LogP contribution in [-0.4, -0.2) is 50.8 Å². The minimum atomic E-state index is 0.189. The van der Waals surface area contributed by atoms with Gasteiger partial charge in [0.25, 0.3) is 0 Å². The summed E-state index contributed by atoms with van der Waals surface area (Å²) in [6.45, 7) is 2.47. The molecule has 1 aromatic heterocycles. The van der Waals surface area contributed by atoms with E-state index in [1.165, 1.54) is 0 Å². The summed E-state index contributed by atoms with van der Waals surface area (Å²) < 4.78 is 10.9. The average Bonchev–Trinajstić information content (AvgIpc) is 3.23. The number of ether oxygens (including phenoxy) is 2. The van der Waals surface area contributed by atoms with E-state index >= 15 is 0 Å². The zero-order chi connectivity index (χ0) is 21.3. The Morgan fingerprint density at radius 2 is 2.27 bits per heavy atom. The normalized spacial score (nSPS) is 16.1. The molecule has 3 rings (SSSR count). The molecule has 1 aromatic carbocycles. The minimum absolute atomic E-state index is 0.189. The molecule has 0 saturated carbocycles. The Balaban J connectivity index is 1.55. The van der Waals surface area contributed by atoms with Crippen molar-refractivity contribution in [1.29, 1.82) is 0 Å². The first kappa shape index (κ1) is 21.6. The maximum absolute atomic E-state index is 6.28. The number of aliphatic imine (C=N–C) groups is 1. The number of rotatable bonds is 7. The van der Waals surface area contributed by atoms with Crippen LogP contribution in [0.5, 0.6) is 11.5 Å². The summed E-state index contributed by atoms with van der Waals surface area (Å²) >= 11 is 6.28. The molecule has 1 atom stereocenters. The third-order valence-corrected chi connectivity index (χ3v) is 5.09. The van der Waals surface area contributed by atoms with Gasteiger partial charge in [0.05, 0.1) is 12.1 Å². The van der Waals surface area contributed by atoms with E-state index in [1.54, 1.807) is 20.4 Å². The van der Waals surface area contributed by atoms with Crippen molar-refractivity contribution in [3.05, 3.63) is 47.1 Å². The number of halogens is 1. The zero-order valence-electron chi connectivity index (χ0n) is 17.2. The lowest BCUT2D eigenvalue weighted by molar-refractivity contribution is 0.330. The number of methoxy groups -OCH3 is 1. The molecule has 1 unspecified atom stereocenters. The molecule has 0 amide bonds. The van der Waals surface area contributed by atoms with Gasteiger partial charge in [-0.3, -0.25) is 4.99 Å². The number of hydrogen-bond acceptors (Lipinski definition) is 5. The third-order valence-electron chi connectivity index (χ3n) is 4.79. The summed E-state index contributed by atoms with van der Waals surface area (Å²) in [4.78, 5) is 10.9. The standard InChI is InChI=1S/C22H26ClN5O2/c1-4-12-30-20-13-16(7-8-19(20)29-3)14-26-22(24-2)27-17-9-11-28(15-17)21-18(23)6-5-10-25-21/h1,5-8,10,13,17H,9,11-12,14-15H2,2-3H3,(H2,24,26,27). The highest BCUT2D eigenvalue weighted by molar-refractivity contribution is 6.32. The Labute approximate surface area is 182 Å². The van der Waals surface area contributed by atoms with Gasteiger partial charge in [-0.2, -0.15) is 0 Å². The number of pyridine rings is 1. The van der Waals surface area contributed by atoms with E-state index in [2.05, 4.69) is 31.4 Å². The lowest BCUT2D eigenvalue weighted by Crippen LogP contribution is -2.44. The van der Waals surface area contributed by atoms with Crippen molar-refractivity contribution in [1.82, 2.24) is 15.6 Å². The fourth-order valence-electron chi connectivity index (χ4n) is 3.32. The smallest absolute Gasteiger partial charge is 0.191 e. The van der Waals surface area contributed by atoms with Crippen LogP contribution in [0, 0.1) is 12.3 Å². The van der Waals surface area contributed by atoms with Crippen molar-refractivity contribution in [3.8, 4) is 23.8 Å². The van der Waals surface area contributed by atoms with Crippen molar-refractivity contribution >= 4 is 23.4 Å². The number of nitrogens with one attached hydrogen (secondary N) is 2. The molecule has 0 aliphatic carbocycles. The van der Waals surface area contributed by atoms with Crippen LogP contribution in [0.25, 0.3) is 0 Å². The fraction of sp³-hybridized carbons (Fsp3) is 0.364. The second kappa shape index (κ2) is 10.6. The maximum Gasteiger partial charge on any atom is 0.191 e. The number of benzene rings is 1. The number of guanidine groups is 1. The minimum Gasteiger partial charge on any atom is -0.493 e. The van der Waals surface area contributed by atoms with Crippen LogP contribution in [-0.2, 0) is 6.54 Å². The highest BCUT2D eigenvalue weighted by Crippen LogP contribution is 2.28. The van der Waals surface area contributed by atoms with Gasteiger partial charge in [-0.25, -0.2) is 4.98 Å². The molecule has 1 saturated heterocycles. The molecule has 2 N–H and O–H groups in total. The highest BCUT2D eigenvalue weighted by atomic mass is 35.5. The predicted octanol–water partition coefficient (Wildman–Crippen LogP) is 2.70. The summed E-state index contributed by atoms with van der Waals surface area (Å²) in [6.07, 6.45) is 8.02. The lowest BCUT2D eigenvalue weighted by atomic mass is 10.2. The van der Waals surface area contributed by atoms with Gasteiger partial charge in [0.15, 0.2) is 17.5 Å². The second-order valence-corrected chi connectivity index (χ2v) is 7.20. The summed E-state index contributed by atoms with van der Waals surface area (Å²) in [5.74, 6) is 5.29. The van der Waals surface area contributed by atoms with Crippen LogP contribution in [0.3, 0.4) is 0 Å². The van der Waals surface area contributed by atoms with Crippen LogP contribution in [0.2, 0.25) is 5.02 Å². The first-order valence-electron chi connectivity index (χ1n) is 9.70. The SMILES string of the molecule is C#CCOc1cc(CNC(=NC)NC2CCN(c3ncccc3Cl)C2)ccc1OC. The fourth-order valence-corrected chi connectivity index (χ4v) is 3.56.